The summed E-state index contributed by atoms with van der Waals surface area (Å²) in [6.45, 7) is 1.47. The van der Waals surface area contributed by atoms with Gasteiger partial charge in [-0.05, 0) is 48.4 Å². The zero-order valence-electron chi connectivity index (χ0n) is 17.3. The van der Waals surface area contributed by atoms with Gasteiger partial charge in [0.15, 0.2) is 0 Å². The lowest BCUT2D eigenvalue weighted by Crippen LogP contribution is -2.15. The summed E-state index contributed by atoms with van der Waals surface area (Å²) in [6.07, 6.45) is -2.90. The monoisotopic (exact) mass is 466 g/mol. The second-order valence-electron chi connectivity index (χ2n) is 6.80. The summed E-state index contributed by atoms with van der Waals surface area (Å²) in [7, 11) is -2.16. The Labute approximate surface area is 184 Å². The van der Waals surface area contributed by atoms with E-state index < -0.39 is 21.8 Å². The molecule has 1 N–H and O–H groups in total. The third-order valence-electron chi connectivity index (χ3n) is 4.52. The number of methoxy groups -OCH3 is 1. The highest BCUT2D eigenvalue weighted by molar-refractivity contribution is 7.92. The molecule has 0 unspecified atom stereocenters. The minimum Gasteiger partial charge on any atom is -0.489 e. The molecule has 0 aliphatic heterocycles. The van der Waals surface area contributed by atoms with Gasteiger partial charge in [-0.2, -0.15) is 13.2 Å². The number of aromatic nitrogens is 1. The minimum atomic E-state index is -4.42. The molecule has 2 aromatic carbocycles. The van der Waals surface area contributed by atoms with Crippen LogP contribution in [0.2, 0.25) is 0 Å². The average molecular weight is 466 g/mol. The first-order valence-electron chi connectivity index (χ1n) is 9.55. The van der Waals surface area contributed by atoms with Crippen molar-refractivity contribution in [2.24, 2.45) is 0 Å². The van der Waals surface area contributed by atoms with Gasteiger partial charge in [-0.3, -0.25) is 4.72 Å². The van der Waals surface area contributed by atoms with Crippen molar-refractivity contribution in [1.82, 2.24) is 4.98 Å². The van der Waals surface area contributed by atoms with E-state index in [2.05, 4.69) is 9.71 Å². The van der Waals surface area contributed by atoms with Crippen LogP contribution in [0.3, 0.4) is 0 Å². The van der Waals surface area contributed by atoms with Crippen molar-refractivity contribution in [2.75, 3.05) is 17.6 Å². The van der Waals surface area contributed by atoms with Gasteiger partial charge in [0.1, 0.15) is 18.0 Å². The molecule has 0 fully saturated rings. The molecule has 0 saturated heterocycles. The van der Waals surface area contributed by atoms with Crippen LogP contribution < -0.4 is 14.2 Å². The van der Waals surface area contributed by atoms with Crippen molar-refractivity contribution in [3.8, 4) is 22.8 Å². The third kappa shape index (κ3) is 5.91. The zero-order valence-corrected chi connectivity index (χ0v) is 18.1. The van der Waals surface area contributed by atoms with E-state index in [0.29, 0.717) is 22.4 Å². The second-order valence-corrected chi connectivity index (χ2v) is 8.81. The van der Waals surface area contributed by atoms with Crippen LogP contribution in [0.15, 0.2) is 60.8 Å². The summed E-state index contributed by atoms with van der Waals surface area (Å²) in [5, 5.41) is 0. The van der Waals surface area contributed by atoms with Crippen LogP contribution in [-0.4, -0.2) is 26.3 Å². The predicted molar refractivity (Wildman–Crippen MR) is 115 cm³/mol. The van der Waals surface area contributed by atoms with Crippen LogP contribution in [0, 0.1) is 0 Å². The van der Waals surface area contributed by atoms with Crippen LogP contribution >= 0.6 is 0 Å². The Hall–Kier alpha value is -3.27. The molecule has 3 aromatic rings. The number of pyridine rings is 1. The highest BCUT2D eigenvalue weighted by Crippen LogP contribution is 2.32. The molecule has 0 radical (unpaired) electrons. The van der Waals surface area contributed by atoms with E-state index in [1.165, 1.54) is 26.3 Å². The van der Waals surface area contributed by atoms with Gasteiger partial charge in [-0.15, -0.1) is 0 Å². The van der Waals surface area contributed by atoms with Crippen molar-refractivity contribution >= 4 is 15.7 Å². The summed E-state index contributed by atoms with van der Waals surface area (Å²) < 4.78 is 75.8. The first-order chi connectivity index (χ1) is 15.1. The molecule has 10 heteroatoms. The van der Waals surface area contributed by atoms with Gasteiger partial charge >= 0.3 is 6.18 Å². The summed E-state index contributed by atoms with van der Waals surface area (Å²) in [6, 6.07) is 13.4. The Morgan fingerprint density at radius 3 is 2.47 bits per heavy atom. The summed E-state index contributed by atoms with van der Waals surface area (Å²) in [5.74, 6) is 0.452. The van der Waals surface area contributed by atoms with E-state index in [4.69, 9.17) is 9.47 Å². The van der Waals surface area contributed by atoms with E-state index in [1.54, 1.807) is 36.4 Å². The molecule has 0 spiro atoms. The molecule has 0 saturated carbocycles. The van der Waals surface area contributed by atoms with Crippen LogP contribution in [0.1, 0.15) is 18.1 Å². The second kappa shape index (κ2) is 9.47. The fraction of sp³-hybridized carbons (Fsp3) is 0.227. The van der Waals surface area contributed by atoms with Gasteiger partial charge in [-0.1, -0.05) is 24.3 Å². The molecule has 0 aliphatic rings. The molecule has 1 aromatic heterocycles. The molecule has 0 atom stereocenters. The lowest BCUT2D eigenvalue weighted by atomic mass is 10.1. The number of alkyl halides is 3. The third-order valence-corrected chi connectivity index (χ3v) is 5.81. The Morgan fingerprint density at radius 1 is 1.03 bits per heavy atom. The van der Waals surface area contributed by atoms with Crippen molar-refractivity contribution in [1.29, 1.82) is 0 Å². The Kier molecular flexibility index (Phi) is 6.93. The quantitative estimate of drug-likeness (QED) is 0.499. The van der Waals surface area contributed by atoms with E-state index in [9.17, 15) is 21.6 Å². The Bertz CT molecular complexity index is 1200. The average Bonchev–Trinajstić information content (AvgIpc) is 2.77. The highest BCUT2D eigenvalue weighted by atomic mass is 32.2. The summed E-state index contributed by atoms with van der Waals surface area (Å²) >= 11 is 0. The van der Waals surface area contributed by atoms with Crippen LogP contribution in [0.4, 0.5) is 18.9 Å². The molecule has 32 heavy (non-hydrogen) atoms. The fourth-order valence-corrected chi connectivity index (χ4v) is 3.48. The lowest BCUT2D eigenvalue weighted by molar-refractivity contribution is -0.137. The van der Waals surface area contributed by atoms with Crippen molar-refractivity contribution in [3.05, 3.63) is 71.9 Å². The number of hydrogen-bond donors (Lipinski definition) is 1. The summed E-state index contributed by atoms with van der Waals surface area (Å²) in [4.78, 5) is 4.15. The van der Waals surface area contributed by atoms with Gasteiger partial charge in [0.25, 0.3) is 0 Å². The number of sulfonamides is 1. The van der Waals surface area contributed by atoms with Crippen LogP contribution in [0.5, 0.6) is 11.6 Å². The lowest BCUT2D eigenvalue weighted by Gasteiger charge is -2.13. The molecule has 0 bridgehead atoms. The first kappa shape index (κ1) is 23.4. The molecule has 170 valence electrons. The van der Waals surface area contributed by atoms with Gasteiger partial charge in [0.2, 0.25) is 15.9 Å². The van der Waals surface area contributed by atoms with E-state index in [1.807, 2.05) is 0 Å². The molecule has 6 nitrogen and oxygen atoms in total. The van der Waals surface area contributed by atoms with Gasteiger partial charge in [0.05, 0.1) is 18.4 Å². The smallest absolute Gasteiger partial charge is 0.416 e. The SMILES string of the molecule is CCS(=O)(=O)Nc1cc(-c2cccc(OCc3cccc(C(F)(F)F)c3)c2)cnc1OC. The minimum absolute atomic E-state index is 0.0458. The molecule has 0 aliphatic carbocycles. The van der Waals surface area contributed by atoms with Gasteiger partial charge in [-0.25, -0.2) is 13.4 Å². The first-order valence-corrected chi connectivity index (χ1v) is 11.2. The number of nitrogens with one attached hydrogen (secondary N) is 1. The Balaban J connectivity index is 1.82. The topological polar surface area (TPSA) is 77.5 Å². The zero-order chi connectivity index (χ0) is 23.4. The number of halogens is 3. The van der Waals surface area contributed by atoms with E-state index in [-0.39, 0.29) is 23.9 Å². The predicted octanol–water partition coefficient (Wildman–Crippen LogP) is 5.12. The maximum atomic E-state index is 12.9. The molecular formula is C22H21F3N2O4S. The standard InChI is InChI=1S/C22H21F3N2O4S/c1-3-32(28,29)27-20-12-17(13-26-21(20)30-2)16-7-5-9-19(11-16)31-14-15-6-4-8-18(10-15)22(23,24)25/h4-13,27H,3,14H2,1-2H3. The molecular weight excluding hydrogens is 445 g/mol. The van der Waals surface area contributed by atoms with Gasteiger partial charge < -0.3 is 9.47 Å². The fourth-order valence-electron chi connectivity index (χ4n) is 2.86. The number of benzene rings is 2. The van der Waals surface area contributed by atoms with Crippen molar-refractivity contribution in [2.45, 2.75) is 19.7 Å². The maximum absolute atomic E-state index is 12.9. The highest BCUT2D eigenvalue weighted by Gasteiger charge is 2.30. The van der Waals surface area contributed by atoms with Crippen LogP contribution in [0.25, 0.3) is 11.1 Å². The molecule has 0 amide bonds. The number of anilines is 1. The van der Waals surface area contributed by atoms with Crippen molar-refractivity contribution < 1.29 is 31.1 Å². The largest absolute Gasteiger partial charge is 0.489 e. The number of hydrogen-bond acceptors (Lipinski definition) is 5. The normalized spacial score (nSPS) is 11.8. The summed E-state index contributed by atoms with van der Waals surface area (Å²) in [5.41, 5.74) is 1.12. The molecule has 3 rings (SSSR count). The number of rotatable bonds is 8. The number of ether oxygens (including phenoxy) is 2. The molecule has 1 heterocycles. The van der Waals surface area contributed by atoms with E-state index >= 15 is 0 Å². The van der Waals surface area contributed by atoms with Crippen molar-refractivity contribution in [3.63, 3.8) is 0 Å². The van der Waals surface area contributed by atoms with Gasteiger partial charge in [0, 0.05) is 11.8 Å². The number of nitrogens with zero attached hydrogens (tertiary/aromatic N) is 1. The van der Waals surface area contributed by atoms with Crippen LogP contribution in [-0.2, 0) is 22.8 Å². The Morgan fingerprint density at radius 2 is 1.78 bits per heavy atom. The maximum Gasteiger partial charge on any atom is 0.416 e. The van der Waals surface area contributed by atoms with E-state index in [0.717, 1.165) is 12.1 Å².